The fourth-order valence-corrected chi connectivity index (χ4v) is 4.93. The van der Waals surface area contributed by atoms with E-state index in [1.54, 1.807) is 12.1 Å². The number of benzene rings is 3. The van der Waals surface area contributed by atoms with Gasteiger partial charge in [-0.2, -0.15) is 0 Å². The molecule has 0 radical (unpaired) electrons. The van der Waals surface area contributed by atoms with E-state index in [4.69, 9.17) is 4.74 Å². The Morgan fingerprint density at radius 1 is 0.938 bits per heavy atom. The predicted molar refractivity (Wildman–Crippen MR) is 117 cm³/mol. The van der Waals surface area contributed by atoms with Crippen LogP contribution < -0.4 is 0 Å². The number of carboxylic acid groups (broad SMARTS) is 1. The number of likely N-dealkylation sites (tertiary alicyclic amines) is 1. The van der Waals surface area contributed by atoms with Crippen molar-refractivity contribution < 1.29 is 23.8 Å². The second kappa shape index (κ2) is 8.11. The van der Waals surface area contributed by atoms with Gasteiger partial charge in [-0.1, -0.05) is 60.7 Å². The van der Waals surface area contributed by atoms with E-state index in [-0.39, 0.29) is 37.2 Å². The molecule has 0 unspecified atom stereocenters. The molecular weight excluding hydrogens is 409 g/mol. The first kappa shape index (κ1) is 20.2. The van der Waals surface area contributed by atoms with Crippen LogP contribution in [0.25, 0.3) is 11.1 Å². The van der Waals surface area contributed by atoms with Crippen LogP contribution in [0.5, 0.6) is 0 Å². The van der Waals surface area contributed by atoms with Crippen molar-refractivity contribution >= 4 is 12.1 Å². The third kappa shape index (κ3) is 3.51. The molecule has 6 heteroatoms. The Hall–Kier alpha value is -3.67. The third-order valence-electron chi connectivity index (χ3n) is 6.50. The number of amides is 1. The van der Waals surface area contributed by atoms with Crippen molar-refractivity contribution in [3.63, 3.8) is 0 Å². The quantitative estimate of drug-likeness (QED) is 0.630. The molecule has 2 atom stereocenters. The standard InChI is InChI=1S/C26H22FNO4/c27-18-11-9-16(10-12-18)17-13-24(25(29)30)28(14-17)26(31)32-15-23-21-7-3-1-5-19(21)20-6-2-4-8-22(20)23/h1-12,17,23-24H,13-15H2,(H,29,30)/t17-,24-/m1/s1. The Bertz CT molecular complexity index is 1130. The molecule has 1 aliphatic heterocycles. The number of carbonyl (C=O) groups excluding carboxylic acids is 1. The predicted octanol–water partition coefficient (Wildman–Crippen LogP) is 5.02. The summed E-state index contributed by atoms with van der Waals surface area (Å²) in [5, 5.41) is 9.67. The molecule has 0 spiro atoms. The first-order valence-corrected chi connectivity index (χ1v) is 10.6. The molecule has 32 heavy (non-hydrogen) atoms. The fraction of sp³-hybridized carbons (Fsp3) is 0.231. The van der Waals surface area contributed by atoms with Crippen molar-refractivity contribution in [2.24, 2.45) is 0 Å². The van der Waals surface area contributed by atoms with Crippen LogP contribution in [0.4, 0.5) is 9.18 Å². The average Bonchev–Trinajstić information content (AvgIpc) is 3.39. The molecule has 162 valence electrons. The van der Waals surface area contributed by atoms with Gasteiger partial charge in [0.05, 0.1) is 0 Å². The molecule has 0 saturated carbocycles. The number of nitrogens with zero attached hydrogens (tertiary/aromatic N) is 1. The second-order valence-electron chi connectivity index (χ2n) is 8.29. The van der Waals surface area contributed by atoms with Gasteiger partial charge in [-0.15, -0.1) is 0 Å². The summed E-state index contributed by atoms with van der Waals surface area (Å²) in [4.78, 5) is 26.1. The summed E-state index contributed by atoms with van der Waals surface area (Å²) in [6.45, 7) is 0.357. The Labute approximate surface area is 185 Å². The van der Waals surface area contributed by atoms with Crippen LogP contribution in [0.2, 0.25) is 0 Å². The highest BCUT2D eigenvalue weighted by atomic mass is 19.1. The second-order valence-corrected chi connectivity index (χ2v) is 8.29. The van der Waals surface area contributed by atoms with Crippen molar-refractivity contribution in [3.8, 4) is 11.1 Å². The lowest BCUT2D eigenvalue weighted by molar-refractivity contribution is -0.141. The zero-order chi connectivity index (χ0) is 22.2. The molecule has 1 heterocycles. The van der Waals surface area contributed by atoms with E-state index in [1.807, 2.05) is 36.4 Å². The first-order chi connectivity index (χ1) is 15.5. The van der Waals surface area contributed by atoms with Gasteiger partial charge in [-0.05, 0) is 46.4 Å². The van der Waals surface area contributed by atoms with Gasteiger partial charge in [0.1, 0.15) is 18.5 Å². The van der Waals surface area contributed by atoms with E-state index in [2.05, 4.69) is 12.1 Å². The largest absolute Gasteiger partial charge is 0.480 e. The lowest BCUT2D eigenvalue weighted by atomic mass is 9.96. The highest BCUT2D eigenvalue weighted by Gasteiger charge is 2.41. The minimum absolute atomic E-state index is 0.0925. The van der Waals surface area contributed by atoms with Crippen LogP contribution in [0.15, 0.2) is 72.8 Å². The number of ether oxygens (including phenoxy) is 1. The average molecular weight is 431 g/mol. The summed E-state index contributed by atoms with van der Waals surface area (Å²) >= 11 is 0. The number of aliphatic carboxylic acids is 1. The van der Waals surface area contributed by atoms with Gasteiger partial charge in [0, 0.05) is 18.4 Å². The molecule has 1 saturated heterocycles. The van der Waals surface area contributed by atoms with Gasteiger partial charge < -0.3 is 9.84 Å². The van der Waals surface area contributed by atoms with Gasteiger partial charge in [0.15, 0.2) is 0 Å². The van der Waals surface area contributed by atoms with Crippen LogP contribution in [0.3, 0.4) is 0 Å². The summed E-state index contributed by atoms with van der Waals surface area (Å²) in [6.07, 6.45) is -0.366. The number of carboxylic acids is 1. The fourth-order valence-electron chi connectivity index (χ4n) is 4.93. The van der Waals surface area contributed by atoms with Gasteiger partial charge in [-0.25, -0.2) is 14.0 Å². The topological polar surface area (TPSA) is 66.8 Å². The maximum atomic E-state index is 13.3. The SMILES string of the molecule is O=C(O)[C@H]1C[C@@H](c2ccc(F)cc2)CN1C(=O)OCC1c2ccccc2-c2ccccc21. The summed E-state index contributed by atoms with van der Waals surface area (Å²) in [6, 6.07) is 21.1. The van der Waals surface area contributed by atoms with E-state index >= 15 is 0 Å². The van der Waals surface area contributed by atoms with Crippen molar-refractivity contribution in [2.75, 3.05) is 13.2 Å². The van der Waals surface area contributed by atoms with Crippen LogP contribution in [0.1, 0.15) is 34.9 Å². The van der Waals surface area contributed by atoms with E-state index in [1.165, 1.54) is 17.0 Å². The molecule has 5 nitrogen and oxygen atoms in total. The lowest BCUT2D eigenvalue weighted by Gasteiger charge is -2.22. The van der Waals surface area contributed by atoms with E-state index in [9.17, 15) is 19.1 Å². The zero-order valence-corrected chi connectivity index (χ0v) is 17.3. The lowest BCUT2D eigenvalue weighted by Crippen LogP contribution is -2.41. The summed E-state index contributed by atoms with van der Waals surface area (Å²) in [5.74, 6) is -1.69. The minimum Gasteiger partial charge on any atom is -0.480 e. The Balaban J connectivity index is 1.33. The smallest absolute Gasteiger partial charge is 0.410 e. The van der Waals surface area contributed by atoms with E-state index in [0.29, 0.717) is 0 Å². The van der Waals surface area contributed by atoms with Crippen molar-refractivity contribution in [3.05, 3.63) is 95.3 Å². The maximum absolute atomic E-state index is 13.3. The number of carbonyl (C=O) groups is 2. The number of rotatable bonds is 4. The van der Waals surface area contributed by atoms with Crippen LogP contribution in [-0.2, 0) is 9.53 Å². The molecule has 5 rings (SSSR count). The molecule has 3 aromatic carbocycles. The molecule has 3 aromatic rings. The van der Waals surface area contributed by atoms with Crippen molar-refractivity contribution in [2.45, 2.75) is 24.3 Å². The molecule has 1 fully saturated rings. The number of halogens is 1. The third-order valence-corrected chi connectivity index (χ3v) is 6.50. The zero-order valence-electron chi connectivity index (χ0n) is 17.3. The number of hydrogen-bond acceptors (Lipinski definition) is 3. The minimum atomic E-state index is -1.07. The Morgan fingerprint density at radius 2 is 1.53 bits per heavy atom. The molecule has 0 aromatic heterocycles. The Morgan fingerprint density at radius 3 is 2.12 bits per heavy atom. The maximum Gasteiger partial charge on any atom is 0.410 e. The first-order valence-electron chi connectivity index (χ1n) is 10.6. The molecule has 2 aliphatic rings. The number of fused-ring (bicyclic) bond motifs is 3. The molecule has 1 amide bonds. The summed E-state index contributed by atoms with van der Waals surface area (Å²) in [5.41, 5.74) is 5.27. The van der Waals surface area contributed by atoms with Crippen molar-refractivity contribution in [1.82, 2.24) is 4.90 Å². The highest BCUT2D eigenvalue weighted by Crippen LogP contribution is 2.44. The van der Waals surface area contributed by atoms with Crippen LogP contribution >= 0.6 is 0 Å². The molecule has 1 N–H and O–H groups in total. The van der Waals surface area contributed by atoms with Crippen LogP contribution in [0, 0.1) is 5.82 Å². The summed E-state index contributed by atoms with van der Waals surface area (Å²) < 4.78 is 18.9. The molecule has 0 bridgehead atoms. The normalized spacial score (nSPS) is 19.5. The van der Waals surface area contributed by atoms with E-state index in [0.717, 1.165) is 27.8 Å². The van der Waals surface area contributed by atoms with Gasteiger partial charge >= 0.3 is 12.1 Å². The molecular formula is C26H22FNO4. The van der Waals surface area contributed by atoms with Gasteiger partial charge in [0.25, 0.3) is 0 Å². The highest BCUT2D eigenvalue weighted by molar-refractivity contribution is 5.82. The van der Waals surface area contributed by atoms with Gasteiger partial charge in [-0.3, -0.25) is 4.90 Å². The monoisotopic (exact) mass is 431 g/mol. The van der Waals surface area contributed by atoms with E-state index < -0.39 is 18.1 Å². The Kier molecular flexibility index (Phi) is 5.13. The van der Waals surface area contributed by atoms with Crippen molar-refractivity contribution in [1.29, 1.82) is 0 Å². The number of hydrogen-bond donors (Lipinski definition) is 1. The van der Waals surface area contributed by atoms with Gasteiger partial charge in [0.2, 0.25) is 0 Å². The summed E-state index contributed by atoms with van der Waals surface area (Å²) in [7, 11) is 0. The van der Waals surface area contributed by atoms with Crippen LogP contribution in [-0.4, -0.2) is 41.3 Å². The molecule has 1 aliphatic carbocycles.